The predicted molar refractivity (Wildman–Crippen MR) is 80.7 cm³/mol. The van der Waals surface area contributed by atoms with E-state index in [2.05, 4.69) is 50.4 Å². The third-order valence-electron chi connectivity index (χ3n) is 3.09. The number of hydrogen-bond acceptors (Lipinski definition) is 3. The Bertz CT molecular complexity index is 589. The highest BCUT2D eigenvalue weighted by atomic mass is 79.9. The molecule has 2 aromatic rings. The van der Waals surface area contributed by atoms with Crippen molar-refractivity contribution in [3.8, 4) is 5.82 Å². The third kappa shape index (κ3) is 2.87. The van der Waals surface area contributed by atoms with Crippen LogP contribution in [0.5, 0.6) is 0 Å². The molecule has 1 N–H and O–H groups in total. The fourth-order valence-corrected chi connectivity index (χ4v) is 2.32. The van der Waals surface area contributed by atoms with E-state index < -0.39 is 0 Å². The molecule has 102 valence electrons. The fraction of sp³-hybridized carbons (Fsp3) is 0.429. The molecule has 0 radical (unpaired) electrons. The van der Waals surface area contributed by atoms with Gasteiger partial charge < -0.3 is 5.32 Å². The zero-order valence-corrected chi connectivity index (χ0v) is 13.4. The minimum atomic E-state index is 0.836. The zero-order valence-electron chi connectivity index (χ0n) is 11.8. The first-order chi connectivity index (χ1) is 9.06. The first kappa shape index (κ1) is 14.2. The summed E-state index contributed by atoms with van der Waals surface area (Å²) in [6.07, 6.45) is 0.922. The molecular formula is C14H19BrN4. The molecule has 0 saturated carbocycles. The lowest BCUT2D eigenvalue weighted by molar-refractivity contribution is 0.774. The molecule has 0 atom stereocenters. The van der Waals surface area contributed by atoms with Crippen LogP contribution in [-0.4, -0.2) is 21.8 Å². The summed E-state index contributed by atoms with van der Waals surface area (Å²) in [4.78, 5) is 4.67. The van der Waals surface area contributed by atoms with Crippen molar-refractivity contribution in [1.82, 2.24) is 20.1 Å². The van der Waals surface area contributed by atoms with Gasteiger partial charge in [0.05, 0.1) is 15.9 Å². The van der Waals surface area contributed by atoms with Gasteiger partial charge in [-0.15, -0.1) is 0 Å². The Kier molecular flexibility index (Phi) is 4.37. The first-order valence-corrected chi connectivity index (χ1v) is 7.22. The smallest absolute Gasteiger partial charge is 0.154 e. The maximum Gasteiger partial charge on any atom is 0.154 e. The Morgan fingerprint density at radius 1 is 1.32 bits per heavy atom. The molecule has 2 rings (SSSR count). The topological polar surface area (TPSA) is 42.7 Å². The lowest BCUT2D eigenvalue weighted by Crippen LogP contribution is -2.09. The number of rotatable bonds is 4. The second-order valence-corrected chi connectivity index (χ2v) is 5.40. The van der Waals surface area contributed by atoms with E-state index in [1.807, 2.05) is 25.6 Å². The standard InChI is InChI=1S/C14H19BrN4/c1-5-12-6-11(8-16-4)7-13(17-12)19-10(3)14(15)9(2)18-19/h6-7,16H,5,8H2,1-4H3. The quantitative estimate of drug-likeness (QED) is 0.941. The Morgan fingerprint density at radius 3 is 2.58 bits per heavy atom. The molecule has 0 unspecified atom stereocenters. The van der Waals surface area contributed by atoms with Gasteiger partial charge in [0, 0.05) is 12.2 Å². The number of nitrogens with one attached hydrogen (secondary N) is 1. The molecule has 19 heavy (non-hydrogen) atoms. The minimum Gasteiger partial charge on any atom is -0.316 e. The van der Waals surface area contributed by atoms with Gasteiger partial charge in [0.25, 0.3) is 0 Å². The molecule has 4 nitrogen and oxygen atoms in total. The maximum atomic E-state index is 4.67. The van der Waals surface area contributed by atoms with E-state index >= 15 is 0 Å². The van der Waals surface area contributed by atoms with Crippen molar-refractivity contribution in [3.63, 3.8) is 0 Å². The van der Waals surface area contributed by atoms with Crippen LogP contribution >= 0.6 is 15.9 Å². The molecule has 0 saturated heterocycles. The maximum absolute atomic E-state index is 4.67. The normalized spacial score (nSPS) is 11.0. The lowest BCUT2D eigenvalue weighted by Gasteiger charge is -2.09. The summed E-state index contributed by atoms with van der Waals surface area (Å²) in [5, 5.41) is 7.72. The summed E-state index contributed by atoms with van der Waals surface area (Å²) in [6, 6.07) is 4.22. The second-order valence-electron chi connectivity index (χ2n) is 4.61. The number of hydrogen-bond donors (Lipinski definition) is 1. The third-order valence-corrected chi connectivity index (χ3v) is 4.24. The molecule has 0 aliphatic carbocycles. The molecule has 2 heterocycles. The van der Waals surface area contributed by atoms with Gasteiger partial charge in [-0.1, -0.05) is 6.92 Å². The van der Waals surface area contributed by atoms with Crippen molar-refractivity contribution >= 4 is 15.9 Å². The van der Waals surface area contributed by atoms with Gasteiger partial charge in [-0.05, 0) is 60.9 Å². The summed E-state index contributed by atoms with van der Waals surface area (Å²) in [6.45, 7) is 6.99. The van der Waals surface area contributed by atoms with Gasteiger partial charge in [-0.25, -0.2) is 9.67 Å². The first-order valence-electron chi connectivity index (χ1n) is 6.43. The van der Waals surface area contributed by atoms with Crippen molar-refractivity contribution < 1.29 is 0 Å². The Morgan fingerprint density at radius 2 is 2.05 bits per heavy atom. The number of halogens is 1. The van der Waals surface area contributed by atoms with Crippen molar-refractivity contribution in [2.45, 2.75) is 33.7 Å². The van der Waals surface area contributed by atoms with Crippen LogP contribution in [0.1, 0.15) is 29.6 Å². The number of aromatic nitrogens is 3. The van der Waals surface area contributed by atoms with Crippen LogP contribution in [0.2, 0.25) is 0 Å². The number of nitrogens with zero attached hydrogens (tertiary/aromatic N) is 3. The van der Waals surface area contributed by atoms with Gasteiger partial charge in [0.1, 0.15) is 0 Å². The molecule has 0 aliphatic heterocycles. The fourth-order valence-electron chi connectivity index (χ4n) is 2.08. The highest BCUT2D eigenvalue weighted by Crippen LogP contribution is 2.23. The van der Waals surface area contributed by atoms with Crippen molar-refractivity contribution in [3.05, 3.63) is 39.3 Å². The molecule has 0 amide bonds. The molecule has 0 bridgehead atoms. The Hall–Kier alpha value is -1.20. The molecule has 2 aromatic heterocycles. The highest BCUT2D eigenvalue weighted by Gasteiger charge is 2.12. The molecule has 0 fully saturated rings. The average Bonchev–Trinajstić information content (AvgIpc) is 2.66. The van der Waals surface area contributed by atoms with Crippen LogP contribution in [0.15, 0.2) is 16.6 Å². The number of aryl methyl sites for hydroxylation is 2. The molecule has 0 aliphatic rings. The largest absolute Gasteiger partial charge is 0.316 e. The molecule has 0 aromatic carbocycles. The van der Waals surface area contributed by atoms with E-state index in [-0.39, 0.29) is 0 Å². The summed E-state index contributed by atoms with van der Waals surface area (Å²) < 4.78 is 2.95. The van der Waals surface area contributed by atoms with E-state index in [1.54, 1.807) is 0 Å². The summed E-state index contributed by atoms with van der Waals surface area (Å²) in [7, 11) is 1.95. The van der Waals surface area contributed by atoms with Crippen molar-refractivity contribution in [2.24, 2.45) is 0 Å². The van der Waals surface area contributed by atoms with Crippen molar-refractivity contribution in [1.29, 1.82) is 0 Å². The summed E-state index contributed by atoms with van der Waals surface area (Å²) in [5.41, 5.74) is 4.38. The number of pyridine rings is 1. The monoisotopic (exact) mass is 322 g/mol. The van der Waals surface area contributed by atoms with Gasteiger partial charge in [0.2, 0.25) is 0 Å². The summed E-state index contributed by atoms with van der Waals surface area (Å²) in [5.74, 6) is 0.885. The minimum absolute atomic E-state index is 0.836. The zero-order chi connectivity index (χ0) is 14.0. The Balaban J connectivity index is 2.54. The van der Waals surface area contributed by atoms with E-state index in [0.29, 0.717) is 0 Å². The summed E-state index contributed by atoms with van der Waals surface area (Å²) >= 11 is 3.56. The predicted octanol–water partition coefficient (Wildman–Crippen LogP) is 2.93. The van der Waals surface area contributed by atoms with Crippen LogP contribution in [0.4, 0.5) is 0 Å². The van der Waals surface area contributed by atoms with Crippen LogP contribution in [-0.2, 0) is 13.0 Å². The molecule has 0 spiro atoms. The van der Waals surface area contributed by atoms with E-state index in [9.17, 15) is 0 Å². The van der Waals surface area contributed by atoms with Gasteiger partial charge in [-0.3, -0.25) is 0 Å². The van der Waals surface area contributed by atoms with Gasteiger partial charge in [0.15, 0.2) is 5.82 Å². The highest BCUT2D eigenvalue weighted by molar-refractivity contribution is 9.10. The molecule has 5 heteroatoms. The average molecular weight is 323 g/mol. The van der Waals surface area contributed by atoms with Crippen LogP contribution < -0.4 is 5.32 Å². The van der Waals surface area contributed by atoms with Crippen LogP contribution in [0.3, 0.4) is 0 Å². The Labute approximate surface area is 122 Å². The van der Waals surface area contributed by atoms with Crippen LogP contribution in [0.25, 0.3) is 5.82 Å². The van der Waals surface area contributed by atoms with E-state index in [4.69, 9.17) is 0 Å². The van der Waals surface area contributed by atoms with Gasteiger partial charge >= 0.3 is 0 Å². The van der Waals surface area contributed by atoms with Gasteiger partial charge in [-0.2, -0.15) is 5.10 Å². The molecular weight excluding hydrogens is 304 g/mol. The second kappa shape index (κ2) is 5.84. The SMILES string of the molecule is CCc1cc(CNC)cc(-n2nc(C)c(Br)c2C)n1. The van der Waals surface area contributed by atoms with E-state index in [1.165, 1.54) is 5.56 Å². The lowest BCUT2D eigenvalue weighted by atomic mass is 10.2. The van der Waals surface area contributed by atoms with Crippen molar-refractivity contribution in [2.75, 3.05) is 7.05 Å². The van der Waals surface area contributed by atoms with Crippen LogP contribution in [0, 0.1) is 13.8 Å². The van der Waals surface area contributed by atoms with E-state index in [0.717, 1.165) is 40.3 Å².